The number of benzene rings is 3. The van der Waals surface area contributed by atoms with Gasteiger partial charge in [0.1, 0.15) is 22.7 Å². The lowest BCUT2D eigenvalue weighted by Gasteiger charge is -2.07. The summed E-state index contributed by atoms with van der Waals surface area (Å²) in [5, 5.41) is 12.5. The molecule has 0 unspecified atom stereocenters. The van der Waals surface area contributed by atoms with E-state index < -0.39 is 5.82 Å². The third-order valence-electron chi connectivity index (χ3n) is 3.79. The highest BCUT2D eigenvalue weighted by atomic mass is 79.9. The standard InChI is InChI=1S/C18H9BrClFO2/c19-14-3-1-2-11(18(14)21)12-8-17-13(7-15(12)22)10-5-4-9(20)6-16(10)23-17/h1-8,22H. The van der Waals surface area contributed by atoms with Crippen LogP contribution in [0, 0.1) is 5.82 Å². The van der Waals surface area contributed by atoms with Crippen molar-refractivity contribution in [1.29, 1.82) is 0 Å². The summed E-state index contributed by atoms with van der Waals surface area (Å²) in [6, 6.07) is 13.5. The van der Waals surface area contributed by atoms with Gasteiger partial charge in [0.05, 0.1) is 4.47 Å². The van der Waals surface area contributed by atoms with Gasteiger partial charge in [-0.2, -0.15) is 0 Å². The largest absolute Gasteiger partial charge is 0.507 e. The minimum Gasteiger partial charge on any atom is -0.507 e. The van der Waals surface area contributed by atoms with Crippen LogP contribution in [0.5, 0.6) is 5.75 Å². The molecule has 114 valence electrons. The molecular formula is C18H9BrClFO2. The van der Waals surface area contributed by atoms with Crippen molar-refractivity contribution < 1.29 is 13.9 Å². The Labute approximate surface area is 144 Å². The summed E-state index contributed by atoms with van der Waals surface area (Å²) in [7, 11) is 0. The Morgan fingerprint density at radius 2 is 1.74 bits per heavy atom. The topological polar surface area (TPSA) is 33.4 Å². The molecule has 0 aliphatic heterocycles. The van der Waals surface area contributed by atoms with Gasteiger partial charge in [-0.3, -0.25) is 0 Å². The number of halogens is 3. The number of furan rings is 1. The smallest absolute Gasteiger partial charge is 0.145 e. The van der Waals surface area contributed by atoms with E-state index in [1.165, 1.54) is 0 Å². The van der Waals surface area contributed by atoms with Gasteiger partial charge in [-0.15, -0.1) is 0 Å². The third-order valence-corrected chi connectivity index (χ3v) is 4.64. The van der Waals surface area contributed by atoms with Gasteiger partial charge in [-0.05, 0) is 46.3 Å². The fourth-order valence-electron chi connectivity index (χ4n) is 2.71. The molecule has 0 fully saturated rings. The first-order chi connectivity index (χ1) is 11.0. The molecule has 3 aromatic carbocycles. The Balaban J connectivity index is 2.04. The van der Waals surface area contributed by atoms with Gasteiger partial charge in [0, 0.05) is 33.0 Å². The SMILES string of the molecule is Oc1cc2c(cc1-c1cccc(Br)c1F)oc1cc(Cl)ccc12. The Kier molecular flexibility index (Phi) is 3.32. The molecule has 0 saturated carbocycles. The van der Waals surface area contributed by atoms with Crippen LogP contribution in [0.1, 0.15) is 0 Å². The molecular weight excluding hydrogens is 383 g/mol. The van der Waals surface area contributed by atoms with Crippen LogP contribution >= 0.6 is 27.5 Å². The van der Waals surface area contributed by atoms with E-state index >= 15 is 0 Å². The molecule has 4 rings (SSSR count). The Bertz CT molecular complexity index is 1070. The predicted molar refractivity (Wildman–Crippen MR) is 93.5 cm³/mol. The zero-order chi connectivity index (χ0) is 16.1. The summed E-state index contributed by atoms with van der Waals surface area (Å²) >= 11 is 9.14. The van der Waals surface area contributed by atoms with Crippen LogP contribution in [0.25, 0.3) is 33.1 Å². The summed E-state index contributed by atoms with van der Waals surface area (Å²) in [4.78, 5) is 0. The molecule has 1 aromatic heterocycles. The molecule has 0 atom stereocenters. The van der Waals surface area contributed by atoms with Crippen molar-refractivity contribution in [2.45, 2.75) is 0 Å². The minimum absolute atomic E-state index is 0.00727. The fraction of sp³-hybridized carbons (Fsp3) is 0. The van der Waals surface area contributed by atoms with Gasteiger partial charge in [-0.1, -0.05) is 23.7 Å². The zero-order valence-corrected chi connectivity index (χ0v) is 14.0. The molecule has 0 spiro atoms. The lowest BCUT2D eigenvalue weighted by molar-refractivity contribution is 0.477. The van der Waals surface area contributed by atoms with Crippen LogP contribution < -0.4 is 0 Å². The lowest BCUT2D eigenvalue weighted by Crippen LogP contribution is -1.86. The highest BCUT2D eigenvalue weighted by Crippen LogP contribution is 2.40. The minimum atomic E-state index is -0.429. The van der Waals surface area contributed by atoms with Gasteiger partial charge in [0.15, 0.2) is 0 Å². The first-order valence-corrected chi connectivity index (χ1v) is 8.01. The number of aromatic hydroxyl groups is 1. The summed E-state index contributed by atoms with van der Waals surface area (Å²) in [5.41, 5.74) is 1.87. The second-order valence-corrected chi connectivity index (χ2v) is 6.50. The maximum Gasteiger partial charge on any atom is 0.145 e. The monoisotopic (exact) mass is 390 g/mol. The lowest BCUT2D eigenvalue weighted by atomic mass is 10.0. The van der Waals surface area contributed by atoms with Crippen LogP contribution in [0.2, 0.25) is 5.02 Å². The van der Waals surface area contributed by atoms with E-state index in [0.717, 1.165) is 10.8 Å². The van der Waals surface area contributed by atoms with Gasteiger partial charge in [-0.25, -0.2) is 4.39 Å². The van der Waals surface area contributed by atoms with Crippen LogP contribution in [-0.2, 0) is 0 Å². The van der Waals surface area contributed by atoms with E-state index in [1.54, 1.807) is 42.5 Å². The maximum atomic E-state index is 14.3. The molecule has 0 aliphatic rings. The summed E-state index contributed by atoms with van der Waals surface area (Å²) in [5.74, 6) is -0.437. The first-order valence-electron chi connectivity index (χ1n) is 6.84. The quantitative estimate of drug-likeness (QED) is 0.401. The second kappa shape index (κ2) is 5.25. The summed E-state index contributed by atoms with van der Waals surface area (Å²) in [6.07, 6.45) is 0. The normalized spacial score (nSPS) is 11.4. The van der Waals surface area contributed by atoms with Crippen molar-refractivity contribution in [3.8, 4) is 16.9 Å². The summed E-state index contributed by atoms with van der Waals surface area (Å²) < 4.78 is 20.4. The van der Waals surface area contributed by atoms with Crippen LogP contribution in [0.4, 0.5) is 4.39 Å². The Morgan fingerprint density at radius 1 is 0.957 bits per heavy atom. The van der Waals surface area contributed by atoms with Crippen molar-refractivity contribution in [3.63, 3.8) is 0 Å². The first kappa shape index (κ1) is 14.5. The molecule has 2 nitrogen and oxygen atoms in total. The number of hydrogen-bond donors (Lipinski definition) is 1. The number of rotatable bonds is 1. The number of phenols is 1. The molecule has 0 amide bonds. The molecule has 4 aromatic rings. The molecule has 1 heterocycles. The predicted octanol–water partition coefficient (Wildman–Crippen LogP) is 6.51. The van der Waals surface area contributed by atoms with E-state index in [-0.39, 0.29) is 5.75 Å². The van der Waals surface area contributed by atoms with Gasteiger partial charge in [0.2, 0.25) is 0 Å². The van der Waals surface area contributed by atoms with Crippen molar-refractivity contribution in [1.82, 2.24) is 0 Å². The number of phenolic OH excluding ortho intramolecular Hbond substituents is 1. The van der Waals surface area contributed by atoms with Crippen LogP contribution in [0.15, 0.2) is 57.4 Å². The molecule has 1 N–H and O–H groups in total. The molecule has 0 bridgehead atoms. The maximum absolute atomic E-state index is 14.3. The average molecular weight is 392 g/mol. The average Bonchev–Trinajstić information content (AvgIpc) is 2.86. The highest BCUT2D eigenvalue weighted by molar-refractivity contribution is 9.10. The Hall–Kier alpha value is -2.04. The van der Waals surface area contributed by atoms with Gasteiger partial charge in [0.25, 0.3) is 0 Å². The number of hydrogen-bond acceptors (Lipinski definition) is 2. The van der Waals surface area contributed by atoms with Crippen molar-refractivity contribution >= 4 is 49.5 Å². The zero-order valence-electron chi connectivity index (χ0n) is 11.6. The molecule has 23 heavy (non-hydrogen) atoms. The van der Waals surface area contributed by atoms with Crippen molar-refractivity contribution in [2.24, 2.45) is 0 Å². The molecule has 0 saturated heterocycles. The van der Waals surface area contributed by atoms with Crippen LogP contribution in [0.3, 0.4) is 0 Å². The fourth-order valence-corrected chi connectivity index (χ4v) is 3.24. The second-order valence-electron chi connectivity index (χ2n) is 5.21. The summed E-state index contributed by atoms with van der Waals surface area (Å²) in [6.45, 7) is 0. The van der Waals surface area contributed by atoms with E-state index in [9.17, 15) is 9.50 Å². The van der Waals surface area contributed by atoms with Crippen molar-refractivity contribution in [2.75, 3.05) is 0 Å². The van der Waals surface area contributed by atoms with E-state index in [1.807, 2.05) is 6.07 Å². The van der Waals surface area contributed by atoms with E-state index in [4.69, 9.17) is 16.0 Å². The van der Waals surface area contributed by atoms with Crippen LogP contribution in [-0.4, -0.2) is 5.11 Å². The molecule has 0 radical (unpaired) electrons. The van der Waals surface area contributed by atoms with Gasteiger partial charge >= 0.3 is 0 Å². The number of fused-ring (bicyclic) bond motifs is 3. The highest BCUT2D eigenvalue weighted by Gasteiger charge is 2.16. The van der Waals surface area contributed by atoms with Crippen molar-refractivity contribution in [3.05, 3.63) is 63.8 Å². The molecule has 0 aliphatic carbocycles. The van der Waals surface area contributed by atoms with E-state index in [0.29, 0.717) is 31.8 Å². The molecule has 5 heteroatoms. The van der Waals surface area contributed by atoms with Gasteiger partial charge < -0.3 is 9.52 Å². The third kappa shape index (κ3) is 2.30. The Morgan fingerprint density at radius 3 is 2.57 bits per heavy atom. The van der Waals surface area contributed by atoms with E-state index in [2.05, 4.69) is 15.9 Å².